The van der Waals surface area contributed by atoms with Gasteiger partial charge in [-0.25, -0.2) is 13.1 Å². The molecule has 0 heterocycles. The van der Waals surface area contributed by atoms with Crippen molar-refractivity contribution in [3.05, 3.63) is 28.3 Å². The maximum atomic E-state index is 12.3. The normalized spacial score (nSPS) is 13.5. The molecule has 0 bridgehead atoms. The van der Waals surface area contributed by atoms with Crippen LogP contribution in [0.1, 0.15) is 37.8 Å². The Morgan fingerprint density at radius 2 is 2.05 bits per heavy atom. The molecule has 0 fully saturated rings. The van der Waals surface area contributed by atoms with Crippen molar-refractivity contribution in [3.63, 3.8) is 0 Å². The Bertz CT molecular complexity index is 544. The molecule has 0 saturated heterocycles. The monoisotopic (exact) mass is 304 g/mol. The number of benzene rings is 1. The summed E-state index contributed by atoms with van der Waals surface area (Å²) in [6.07, 6.45) is 1.72. The standard InChI is InChI=1S/C13H21ClN2O2S/c1-4-5-9(2)16-19(17,18)13-7-12(14)6-11(8-15)10(13)3/h6-7,9,16H,4-5,8,15H2,1-3H3. The number of sulfonamides is 1. The molecule has 0 saturated carbocycles. The number of hydrogen-bond acceptors (Lipinski definition) is 3. The molecule has 0 spiro atoms. The van der Waals surface area contributed by atoms with Crippen molar-refractivity contribution in [1.29, 1.82) is 0 Å². The van der Waals surface area contributed by atoms with E-state index in [2.05, 4.69) is 4.72 Å². The van der Waals surface area contributed by atoms with Gasteiger partial charge in [0.1, 0.15) is 0 Å². The lowest BCUT2D eigenvalue weighted by Crippen LogP contribution is -2.33. The summed E-state index contributed by atoms with van der Waals surface area (Å²) in [7, 11) is -3.56. The molecule has 0 amide bonds. The van der Waals surface area contributed by atoms with Crippen molar-refractivity contribution >= 4 is 21.6 Å². The zero-order valence-corrected chi connectivity index (χ0v) is 13.1. The minimum Gasteiger partial charge on any atom is -0.326 e. The molecule has 0 radical (unpaired) electrons. The van der Waals surface area contributed by atoms with Gasteiger partial charge in [-0.1, -0.05) is 24.9 Å². The second-order valence-electron chi connectivity index (χ2n) is 4.70. The minimum absolute atomic E-state index is 0.102. The molecular weight excluding hydrogens is 284 g/mol. The molecule has 3 N–H and O–H groups in total. The van der Waals surface area contributed by atoms with Crippen LogP contribution >= 0.6 is 11.6 Å². The fraction of sp³-hybridized carbons (Fsp3) is 0.538. The van der Waals surface area contributed by atoms with E-state index in [1.807, 2.05) is 13.8 Å². The summed E-state index contributed by atoms with van der Waals surface area (Å²) in [6, 6.07) is 3.07. The Kier molecular flexibility index (Phi) is 5.80. The highest BCUT2D eigenvalue weighted by Crippen LogP contribution is 2.24. The van der Waals surface area contributed by atoms with Crippen LogP contribution in [0.3, 0.4) is 0 Å². The van der Waals surface area contributed by atoms with Gasteiger partial charge in [0, 0.05) is 17.6 Å². The first-order chi connectivity index (χ1) is 8.81. The molecule has 0 aliphatic rings. The van der Waals surface area contributed by atoms with E-state index in [-0.39, 0.29) is 17.5 Å². The summed E-state index contributed by atoms with van der Waals surface area (Å²) in [4.78, 5) is 0.211. The summed E-state index contributed by atoms with van der Waals surface area (Å²) in [5, 5.41) is 0.384. The van der Waals surface area contributed by atoms with Gasteiger partial charge in [-0.05, 0) is 43.5 Å². The van der Waals surface area contributed by atoms with E-state index in [9.17, 15) is 8.42 Å². The zero-order chi connectivity index (χ0) is 14.6. The Morgan fingerprint density at radius 1 is 1.42 bits per heavy atom. The lowest BCUT2D eigenvalue weighted by molar-refractivity contribution is 0.543. The molecule has 6 heteroatoms. The van der Waals surface area contributed by atoms with Crippen LogP contribution in [-0.4, -0.2) is 14.5 Å². The van der Waals surface area contributed by atoms with E-state index < -0.39 is 10.0 Å². The number of nitrogens with one attached hydrogen (secondary N) is 1. The van der Waals surface area contributed by atoms with Crippen LogP contribution in [0.2, 0.25) is 5.02 Å². The first-order valence-electron chi connectivity index (χ1n) is 6.33. The SMILES string of the molecule is CCCC(C)NS(=O)(=O)c1cc(Cl)cc(CN)c1C. The predicted molar refractivity (Wildman–Crippen MR) is 78.8 cm³/mol. The third kappa shape index (κ3) is 4.18. The van der Waals surface area contributed by atoms with Gasteiger partial charge in [-0.3, -0.25) is 0 Å². The average molecular weight is 305 g/mol. The predicted octanol–water partition coefficient (Wildman–Crippen LogP) is 2.57. The van der Waals surface area contributed by atoms with Gasteiger partial charge < -0.3 is 5.73 Å². The van der Waals surface area contributed by atoms with Crippen molar-refractivity contribution in [2.45, 2.75) is 51.1 Å². The Morgan fingerprint density at radius 3 is 2.58 bits per heavy atom. The Hall–Kier alpha value is -0.620. The highest BCUT2D eigenvalue weighted by Gasteiger charge is 2.21. The second-order valence-corrected chi connectivity index (χ2v) is 6.82. The Labute approximate surface area is 120 Å². The lowest BCUT2D eigenvalue weighted by atomic mass is 10.1. The van der Waals surface area contributed by atoms with Crippen LogP contribution in [0.25, 0.3) is 0 Å². The van der Waals surface area contributed by atoms with Crippen LogP contribution in [0.4, 0.5) is 0 Å². The number of hydrogen-bond donors (Lipinski definition) is 2. The molecule has 1 aromatic carbocycles. The largest absolute Gasteiger partial charge is 0.326 e. The molecule has 1 rings (SSSR count). The van der Waals surface area contributed by atoms with E-state index in [0.29, 0.717) is 10.6 Å². The fourth-order valence-electron chi connectivity index (χ4n) is 2.02. The van der Waals surface area contributed by atoms with Gasteiger partial charge >= 0.3 is 0 Å². The molecule has 4 nitrogen and oxygen atoms in total. The van der Waals surface area contributed by atoms with E-state index >= 15 is 0 Å². The number of rotatable bonds is 6. The van der Waals surface area contributed by atoms with Crippen molar-refractivity contribution < 1.29 is 8.42 Å². The van der Waals surface area contributed by atoms with Crippen LogP contribution in [0, 0.1) is 6.92 Å². The first-order valence-corrected chi connectivity index (χ1v) is 8.19. The fourth-order valence-corrected chi connectivity index (χ4v) is 3.92. The van der Waals surface area contributed by atoms with Crippen LogP contribution in [0.5, 0.6) is 0 Å². The van der Waals surface area contributed by atoms with Gasteiger partial charge in [0.05, 0.1) is 4.90 Å². The quantitative estimate of drug-likeness (QED) is 0.848. The van der Waals surface area contributed by atoms with Crippen LogP contribution < -0.4 is 10.5 Å². The van der Waals surface area contributed by atoms with Crippen molar-refractivity contribution in [2.24, 2.45) is 5.73 Å². The maximum absolute atomic E-state index is 12.3. The van der Waals surface area contributed by atoms with Gasteiger partial charge in [-0.15, -0.1) is 0 Å². The highest BCUT2D eigenvalue weighted by molar-refractivity contribution is 7.89. The summed E-state index contributed by atoms with van der Waals surface area (Å²) in [6.45, 7) is 5.88. The smallest absolute Gasteiger partial charge is 0.241 e. The third-order valence-corrected chi connectivity index (χ3v) is 4.95. The van der Waals surface area contributed by atoms with E-state index in [4.69, 9.17) is 17.3 Å². The lowest BCUT2D eigenvalue weighted by Gasteiger charge is -2.16. The summed E-state index contributed by atoms with van der Waals surface area (Å²) in [5.41, 5.74) is 7.01. The Balaban J connectivity index is 3.18. The zero-order valence-electron chi connectivity index (χ0n) is 11.5. The molecule has 1 unspecified atom stereocenters. The summed E-state index contributed by atoms with van der Waals surface area (Å²) >= 11 is 5.96. The van der Waals surface area contributed by atoms with Crippen LogP contribution in [0.15, 0.2) is 17.0 Å². The second kappa shape index (κ2) is 6.70. The first kappa shape index (κ1) is 16.4. The van der Waals surface area contributed by atoms with E-state index in [1.54, 1.807) is 13.0 Å². The highest BCUT2D eigenvalue weighted by atomic mass is 35.5. The maximum Gasteiger partial charge on any atom is 0.241 e. The molecule has 108 valence electrons. The molecule has 1 aromatic rings. The molecular formula is C13H21ClN2O2S. The molecule has 0 aliphatic heterocycles. The van der Waals surface area contributed by atoms with Gasteiger partial charge in [0.15, 0.2) is 0 Å². The molecule has 0 aromatic heterocycles. The summed E-state index contributed by atoms with van der Waals surface area (Å²) in [5.74, 6) is 0. The van der Waals surface area contributed by atoms with Crippen molar-refractivity contribution in [3.8, 4) is 0 Å². The number of nitrogens with two attached hydrogens (primary N) is 1. The molecule has 19 heavy (non-hydrogen) atoms. The molecule has 1 atom stereocenters. The average Bonchev–Trinajstić information content (AvgIpc) is 2.31. The van der Waals surface area contributed by atoms with E-state index in [1.165, 1.54) is 6.07 Å². The molecule has 0 aliphatic carbocycles. The van der Waals surface area contributed by atoms with E-state index in [0.717, 1.165) is 18.4 Å². The van der Waals surface area contributed by atoms with Crippen LogP contribution in [-0.2, 0) is 16.6 Å². The summed E-state index contributed by atoms with van der Waals surface area (Å²) < 4.78 is 27.4. The van der Waals surface area contributed by atoms with Crippen molar-refractivity contribution in [1.82, 2.24) is 4.72 Å². The van der Waals surface area contributed by atoms with Gasteiger partial charge in [0.25, 0.3) is 0 Å². The van der Waals surface area contributed by atoms with Gasteiger partial charge in [0.2, 0.25) is 10.0 Å². The van der Waals surface area contributed by atoms with Gasteiger partial charge in [-0.2, -0.15) is 0 Å². The third-order valence-electron chi connectivity index (χ3n) is 3.02. The number of halogens is 1. The topological polar surface area (TPSA) is 72.2 Å². The van der Waals surface area contributed by atoms with Crippen molar-refractivity contribution in [2.75, 3.05) is 0 Å². The minimum atomic E-state index is -3.56.